The van der Waals surface area contributed by atoms with Gasteiger partial charge < -0.3 is 18.7 Å². The van der Waals surface area contributed by atoms with Gasteiger partial charge in [-0.25, -0.2) is 0 Å². The fourth-order valence-corrected chi connectivity index (χ4v) is 3.29. The van der Waals surface area contributed by atoms with Gasteiger partial charge in [-0.3, -0.25) is 9.36 Å². The van der Waals surface area contributed by atoms with Crippen LogP contribution in [0.2, 0.25) is 0 Å². The Morgan fingerprint density at radius 2 is 1.68 bits per heavy atom. The molecule has 1 amide bonds. The summed E-state index contributed by atoms with van der Waals surface area (Å²) in [5, 5.41) is 0. The summed E-state index contributed by atoms with van der Waals surface area (Å²) in [5.41, 5.74) is 1.19. The Hall–Kier alpha value is -1.88. The van der Waals surface area contributed by atoms with Crippen molar-refractivity contribution in [3.05, 3.63) is 47.8 Å². The molecule has 1 aromatic rings. The van der Waals surface area contributed by atoms with Crippen molar-refractivity contribution in [2.45, 2.75) is 13.8 Å². The van der Waals surface area contributed by atoms with Crippen molar-refractivity contribution >= 4 is 19.1 Å². The maximum absolute atomic E-state index is 12.5. The highest BCUT2D eigenvalue weighted by Gasteiger charge is 2.19. The lowest BCUT2D eigenvalue weighted by atomic mass is 10.0. The van der Waals surface area contributed by atoms with Crippen LogP contribution in [-0.2, 0) is 18.4 Å². The van der Waals surface area contributed by atoms with Crippen molar-refractivity contribution in [1.82, 2.24) is 4.90 Å². The molecule has 6 nitrogen and oxygen atoms in total. The molecule has 0 aliphatic rings. The van der Waals surface area contributed by atoms with Gasteiger partial charge in [0.2, 0.25) is 0 Å². The van der Waals surface area contributed by atoms with Crippen LogP contribution in [0.3, 0.4) is 0 Å². The number of ether oxygens (including phenoxy) is 1. The highest BCUT2D eigenvalue weighted by Crippen LogP contribution is 2.49. The lowest BCUT2D eigenvalue weighted by Crippen LogP contribution is -2.22. The van der Waals surface area contributed by atoms with Gasteiger partial charge in [0.25, 0.3) is 5.91 Å². The third kappa shape index (κ3) is 6.50. The average molecular weight is 367 g/mol. The molecule has 1 rings (SSSR count). The zero-order valence-electron chi connectivity index (χ0n) is 15.4. The van der Waals surface area contributed by atoms with Gasteiger partial charge in [0.1, 0.15) is 5.75 Å². The number of benzene rings is 1. The first kappa shape index (κ1) is 21.2. The average Bonchev–Trinajstić information content (AvgIpc) is 2.59. The van der Waals surface area contributed by atoms with E-state index in [4.69, 9.17) is 13.8 Å². The summed E-state index contributed by atoms with van der Waals surface area (Å²) < 4.78 is 28.0. The first-order valence-electron chi connectivity index (χ1n) is 8.01. The lowest BCUT2D eigenvalue weighted by molar-refractivity contribution is -0.122. The topological polar surface area (TPSA) is 65.1 Å². The molecular weight excluding hydrogens is 341 g/mol. The van der Waals surface area contributed by atoms with Crippen LogP contribution in [0.1, 0.15) is 19.4 Å². The Kier molecular flexibility index (Phi) is 8.62. The Bertz CT molecular complexity index is 655. The van der Waals surface area contributed by atoms with Crippen LogP contribution in [0, 0.1) is 0 Å². The van der Waals surface area contributed by atoms with Gasteiger partial charge in [0.15, 0.2) is 0 Å². The maximum Gasteiger partial charge on any atom is 0.354 e. The molecule has 0 saturated heterocycles. The van der Waals surface area contributed by atoms with Crippen LogP contribution in [0.25, 0.3) is 5.57 Å². The third-order valence-corrected chi connectivity index (χ3v) is 4.96. The highest BCUT2D eigenvalue weighted by molar-refractivity contribution is 7.57. The fourth-order valence-electron chi connectivity index (χ4n) is 2.03. The Morgan fingerprint density at radius 1 is 1.12 bits per heavy atom. The molecular formula is C18H26NO5P. The summed E-state index contributed by atoms with van der Waals surface area (Å²) in [6.07, 6.45) is 3.14. The van der Waals surface area contributed by atoms with Crippen molar-refractivity contribution in [1.29, 1.82) is 0 Å². The number of allylic oxidation sites excluding steroid dienone is 2. The minimum absolute atomic E-state index is 0.169. The Morgan fingerprint density at radius 3 is 2.12 bits per heavy atom. The van der Waals surface area contributed by atoms with Crippen molar-refractivity contribution in [2.75, 3.05) is 34.4 Å². The molecule has 0 aliphatic carbocycles. The predicted molar refractivity (Wildman–Crippen MR) is 99.7 cm³/mol. The molecule has 0 bridgehead atoms. The standard InChI is InChI=1S/C18H26NO5P/c1-6-23-25(21,24-7-2)14-8-9-17(18(20)19(3)4)15-10-12-16(22-5)13-11-15/h8-14H,6-7H2,1-5H3/b14-8+,17-9-. The van der Waals surface area contributed by atoms with Gasteiger partial charge in [-0.2, -0.15) is 0 Å². The Labute approximate surface area is 149 Å². The van der Waals surface area contributed by atoms with E-state index in [0.29, 0.717) is 11.3 Å². The summed E-state index contributed by atoms with van der Waals surface area (Å²) in [4.78, 5) is 13.9. The van der Waals surface area contributed by atoms with Gasteiger partial charge >= 0.3 is 7.60 Å². The zero-order valence-corrected chi connectivity index (χ0v) is 16.3. The van der Waals surface area contributed by atoms with Crippen molar-refractivity contribution in [3.63, 3.8) is 0 Å². The van der Waals surface area contributed by atoms with E-state index >= 15 is 0 Å². The van der Waals surface area contributed by atoms with E-state index in [0.717, 1.165) is 5.56 Å². The van der Waals surface area contributed by atoms with Crippen LogP contribution >= 0.6 is 7.60 Å². The highest BCUT2D eigenvalue weighted by atomic mass is 31.2. The van der Waals surface area contributed by atoms with Gasteiger partial charge in [-0.1, -0.05) is 18.2 Å². The smallest absolute Gasteiger partial charge is 0.354 e. The van der Waals surface area contributed by atoms with E-state index in [9.17, 15) is 9.36 Å². The predicted octanol–water partition coefficient (Wildman–Crippen LogP) is 3.95. The van der Waals surface area contributed by atoms with E-state index in [-0.39, 0.29) is 19.1 Å². The minimum atomic E-state index is -3.30. The second-order valence-corrected chi connectivity index (χ2v) is 7.12. The van der Waals surface area contributed by atoms with Crippen molar-refractivity contribution in [3.8, 4) is 5.75 Å². The van der Waals surface area contributed by atoms with Crippen LogP contribution in [0.15, 0.2) is 42.2 Å². The number of amides is 1. The van der Waals surface area contributed by atoms with Gasteiger partial charge in [0, 0.05) is 25.5 Å². The number of hydrogen-bond acceptors (Lipinski definition) is 5. The first-order valence-corrected chi connectivity index (χ1v) is 9.62. The molecule has 25 heavy (non-hydrogen) atoms. The zero-order chi connectivity index (χ0) is 18.9. The minimum Gasteiger partial charge on any atom is -0.497 e. The van der Waals surface area contributed by atoms with Crippen molar-refractivity contribution < 1.29 is 23.1 Å². The molecule has 0 radical (unpaired) electrons. The van der Waals surface area contributed by atoms with E-state index in [1.165, 1.54) is 16.8 Å². The molecule has 0 fully saturated rings. The largest absolute Gasteiger partial charge is 0.497 e. The summed E-state index contributed by atoms with van der Waals surface area (Å²) in [6, 6.07) is 7.15. The van der Waals surface area contributed by atoms with E-state index < -0.39 is 7.60 Å². The third-order valence-electron chi connectivity index (χ3n) is 3.19. The van der Waals surface area contributed by atoms with E-state index in [1.807, 2.05) is 0 Å². The number of likely N-dealkylation sites (N-methyl/N-ethyl adjacent to an activating group) is 1. The molecule has 0 heterocycles. The molecule has 0 atom stereocenters. The van der Waals surface area contributed by atoms with Gasteiger partial charge in [-0.15, -0.1) is 0 Å². The van der Waals surface area contributed by atoms with Crippen LogP contribution in [0.5, 0.6) is 5.75 Å². The molecule has 0 aliphatic heterocycles. The number of carbonyl (C=O) groups excluding carboxylic acids is 1. The number of hydrogen-bond donors (Lipinski definition) is 0. The maximum atomic E-state index is 12.5. The van der Waals surface area contributed by atoms with Crippen LogP contribution < -0.4 is 4.74 Å². The molecule has 7 heteroatoms. The molecule has 0 unspecified atom stereocenters. The first-order chi connectivity index (χ1) is 11.9. The monoisotopic (exact) mass is 367 g/mol. The van der Waals surface area contributed by atoms with Crippen LogP contribution in [-0.4, -0.2) is 45.2 Å². The summed E-state index contributed by atoms with van der Waals surface area (Å²) in [7, 11) is 1.63. The normalized spacial score (nSPS) is 12.4. The quantitative estimate of drug-likeness (QED) is 0.376. The summed E-state index contributed by atoms with van der Waals surface area (Å²) in [6.45, 7) is 4.03. The Balaban J connectivity index is 3.18. The van der Waals surface area contributed by atoms with E-state index in [1.54, 1.807) is 65.4 Å². The van der Waals surface area contributed by atoms with Crippen molar-refractivity contribution in [2.24, 2.45) is 0 Å². The van der Waals surface area contributed by atoms with Gasteiger partial charge in [-0.05, 0) is 37.6 Å². The second-order valence-electron chi connectivity index (χ2n) is 5.23. The molecule has 138 valence electrons. The van der Waals surface area contributed by atoms with Crippen LogP contribution in [0.4, 0.5) is 0 Å². The summed E-state index contributed by atoms with van der Waals surface area (Å²) >= 11 is 0. The number of methoxy groups -OCH3 is 1. The molecule has 0 aromatic heterocycles. The second kappa shape index (κ2) is 10.2. The molecule has 1 aromatic carbocycles. The fraction of sp³-hybridized carbons (Fsp3) is 0.389. The van der Waals surface area contributed by atoms with Gasteiger partial charge in [0.05, 0.1) is 20.3 Å². The molecule has 0 N–H and O–H groups in total. The number of rotatable bonds is 9. The SMILES string of the molecule is CCOP(=O)(/C=C/C=C(\C(=O)N(C)C)c1ccc(OC)cc1)OCC. The van der Waals surface area contributed by atoms with E-state index in [2.05, 4.69) is 0 Å². The molecule has 0 saturated carbocycles. The lowest BCUT2D eigenvalue weighted by Gasteiger charge is -2.14. The number of carbonyl (C=O) groups is 1. The number of nitrogens with zero attached hydrogens (tertiary/aromatic N) is 1. The summed E-state index contributed by atoms with van der Waals surface area (Å²) in [5.74, 6) is 1.90. The molecule has 0 spiro atoms.